The van der Waals surface area contributed by atoms with Gasteiger partial charge in [-0.25, -0.2) is 0 Å². The number of hydrogen-bond acceptors (Lipinski definition) is 1. The van der Waals surface area contributed by atoms with Crippen molar-refractivity contribution in [1.82, 2.24) is 0 Å². The fourth-order valence-corrected chi connectivity index (χ4v) is 2.60. The second kappa shape index (κ2) is 7.42. The maximum Gasteiger partial charge on any atom is 0.221 e. The lowest BCUT2D eigenvalue weighted by Crippen LogP contribution is -2.05. The molecule has 0 aliphatic heterocycles. The van der Waals surface area contributed by atoms with Gasteiger partial charge in [-0.05, 0) is 40.5 Å². The molecule has 0 fully saturated rings. The summed E-state index contributed by atoms with van der Waals surface area (Å²) >= 11 is 0. The van der Waals surface area contributed by atoms with Gasteiger partial charge in [-0.1, -0.05) is 72.8 Å². The number of hydrogen-bond donors (Lipinski definition) is 1. The first-order valence-corrected chi connectivity index (χ1v) is 7.92. The van der Waals surface area contributed by atoms with Crippen LogP contribution in [0, 0.1) is 0 Å². The Balaban J connectivity index is 2.02. The molecule has 0 heterocycles. The summed E-state index contributed by atoms with van der Waals surface area (Å²) < 4.78 is 0. The molecule has 3 rings (SSSR count). The summed E-state index contributed by atoms with van der Waals surface area (Å²) in [5.74, 6) is -0.0640. The van der Waals surface area contributed by atoms with Gasteiger partial charge in [0, 0.05) is 12.6 Å². The number of amides is 1. The molecule has 0 atom stereocenters. The van der Waals surface area contributed by atoms with Crippen LogP contribution >= 0.6 is 0 Å². The van der Waals surface area contributed by atoms with Crippen LogP contribution < -0.4 is 5.32 Å². The number of benzene rings is 3. The lowest BCUT2D eigenvalue weighted by atomic mass is 9.95. The van der Waals surface area contributed by atoms with Crippen molar-refractivity contribution in [3.8, 4) is 0 Å². The Morgan fingerprint density at radius 1 is 0.750 bits per heavy atom. The smallest absolute Gasteiger partial charge is 0.221 e. The fourth-order valence-electron chi connectivity index (χ4n) is 2.60. The highest BCUT2D eigenvalue weighted by molar-refractivity contribution is 5.93. The number of carbonyl (C=O) groups excluding carboxylic acids is 1. The Morgan fingerprint density at radius 3 is 1.88 bits per heavy atom. The maximum atomic E-state index is 11.2. The number of rotatable bonds is 4. The van der Waals surface area contributed by atoms with Crippen LogP contribution in [0.3, 0.4) is 0 Å². The van der Waals surface area contributed by atoms with Gasteiger partial charge >= 0.3 is 0 Å². The van der Waals surface area contributed by atoms with Crippen molar-refractivity contribution in [3.05, 3.63) is 102 Å². The van der Waals surface area contributed by atoms with E-state index in [9.17, 15) is 4.79 Å². The predicted molar refractivity (Wildman–Crippen MR) is 101 cm³/mol. The molecule has 0 aromatic heterocycles. The molecule has 0 aliphatic rings. The van der Waals surface area contributed by atoms with Gasteiger partial charge in [0.05, 0.1) is 0 Å². The molecule has 0 bridgehead atoms. The molecule has 0 saturated heterocycles. The molecule has 1 N–H and O–H groups in total. The zero-order chi connectivity index (χ0) is 16.8. The Morgan fingerprint density at radius 2 is 1.29 bits per heavy atom. The maximum absolute atomic E-state index is 11.2. The summed E-state index contributed by atoms with van der Waals surface area (Å²) in [5, 5.41) is 2.80. The number of nitrogens with one attached hydrogen (secondary N) is 1. The van der Waals surface area contributed by atoms with Gasteiger partial charge in [0.2, 0.25) is 5.91 Å². The van der Waals surface area contributed by atoms with Crippen molar-refractivity contribution in [2.24, 2.45) is 0 Å². The average molecular weight is 313 g/mol. The highest BCUT2D eigenvalue weighted by Gasteiger charge is 2.06. The van der Waals surface area contributed by atoms with Gasteiger partial charge < -0.3 is 5.32 Å². The summed E-state index contributed by atoms with van der Waals surface area (Å²) in [6.07, 6.45) is 2.18. The van der Waals surface area contributed by atoms with Gasteiger partial charge in [0.25, 0.3) is 0 Å². The molecular weight excluding hydrogens is 294 g/mol. The van der Waals surface area contributed by atoms with E-state index >= 15 is 0 Å². The zero-order valence-corrected chi connectivity index (χ0v) is 13.6. The monoisotopic (exact) mass is 313 g/mol. The average Bonchev–Trinajstić information content (AvgIpc) is 2.62. The largest absolute Gasteiger partial charge is 0.326 e. The van der Waals surface area contributed by atoms with Crippen molar-refractivity contribution < 1.29 is 4.79 Å². The molecule has 24 heavy (non-hydrogen) atoms. The molecule has 0 aliphatic carbocycles. The third-order valence-electron chi connectivity index (χ3n) is 3.71. The first-order chi connectivity index (χ1) is 11.7. The first-order valence-electron chi connectivity index (χ1n) is 7.92. The molecule has 0 saturated carbocycles. The molecule has 0 radical (unpaired) electrons. The standard InChI is InChI=1S/C22H19NO/c1-17(24)23-21-14-12-20(13-15-21)22(19-10-6-3-7-11-19)16-18-8-4-2-5-9-18/h2-16H,1H3,(H,23,24)/b22-16-. The van der Waals surface area contributed by atoms with Crippen molar-refractivity contribution in [3.63, 3.8) is 0 Å². The van der Waals surface area contributed by atoms with Crippen molar-refractivity contribution in [2.45, 2.75) is 6.92 Å². The minimum absolute atomic E-state index is 0.0640. The molecule has 3 aromatic rings. The molecule has 2 heteroatoms. The van der Waals surface area contributed by atoms with E-state index in [4.69, 9.17) is 0 Å². The Hall–Kier alpha value is -3.13. The van der Waals surface area contributed by atoms with Crippen LogP contribution in [0.25, 0.3) is 11.6 Å². The molecular formula is C22H19NO. The van der Waals surface area contributed by atoms with Crippen molar-refractivity contribution >= 4 is 23.2 Å². The Labute approximate surface area is 142 Å². The number of anilines is 1. The first kappa shape index (κ1) is 15.8. The van der Waals surface area contributed by atoms with E-state index in [1.54, 1.807) is 0 Å². The molecule has 2 nitrogen and oxygen atoms in total. The third-order valence-corrected chi connectivity index (χ3v) is 3.71. The highest BCUT2D eigenvalue weighted by Crippen LogP contribution is 2.27. The van der Waals surface area contributed by atoms with E-state index in [1.807, 2.05) is 60.7 Å². The second-order valence-corrected chi connectivity index (χ2v) is 5.59. The lowest BCUT2D eigenvalue weighted by molar-refractivity contribution is -0.114. The van der Waals surface area contributed by atoms with Crippen LogP contribution in [0.2, 0.25) is 0 Å². The van der Waals surface area contributed by atoms with Gasteiger partial charge in [0.15, 0.2) is 0 Å². The van der Waals surface area contributed by atoms with E-state index in [0.717, 1.165) is 28.0 Å². The number of carbonyl (C=O) groups is 1. The van der Waals surface area contributed by atoms with Gasteiger partial charge in [-0.2, -0.15) is 0 Å². The molecule has 1 amide bonds. The summed E-state index contributed by atoms with van der Waals surface area (Å²) in [6.45, 7) is 1.51. The topological polar surface area (TPSA) is 29.1 Å². The summed E-state index contributed by atoms with van der Waals surface area (Å²) in [7, 11) is 0. The van der Waals surface area contributed by atoms with Crippen LogP contribution in [0.15, 0.2) is 84.9 Å². The Kier molecular flexibility index (Phi) is 4.87. The second-order valence-electron chi connectivity index (χ2n) is 5.59. The van der Waals surface area contributed by atoms with Crippen LogP contribution in [0.4, 0.5) is 5.69 Å². The Bertz CT molecular complexity index is 834. The van der Waals surface area contributed by atoms with E-state index in [-0.39, 0.29) is 5.91 Å². The van der Waals surface area contributed by atoms with Gasteiger partial charge in [-0.15, -0.1) is 0 Å². The van der Waals surface area contributed by atoms with Crippen LogP contribution in [-0.2, 0) is 4.79 Å². The van der Waals surface area contributed by atoms with Gasteiger partial charge in [0.1, 0.15) is 0 Å². The minimum atomic E-state index is -0.0640. The van der Waals surface area contributed by atoms with Crippen LogP contribution in [-0.4, -0.2) is 5.91 Å². The van der Waals surface area contributed by atoms with E-state index in [0.29, 0.717) is 0 Å². The summed E-state index contributed by atoms with van der Waals surface area (Å²) in [5.41, 5.74) is 5.38. The zero-order valence-electron chi connectivity index (χ0n) is 13.6. The van der Waals surface area contributed by atoms with Crippen molar-refractivity contribution in [1.29, 1.82) is 0 Å². The quantitative estimate of drug-likeness (QED) is 0.656. The molecule has 118 valence electrons. The third kappa shape index (κ3) is 3.99. The molecule has 3 aromatic carbocycles. The summed E-state index contributed by atoms with van der Waals surface area (Å²) in [4.78, 5) is 11.2. The van der Waals surface area contributed by atoms with Crippen LogP contribution in [0.5, 0.6) is 0 Å². The highest BCUT2D eigenvalue weighted by atomic mass is 16.1. The summed E-state index contributed by atoms with van der Waals surface area (Å²) in [6, 6.07) is 28.5. The van der Waals surface area contributed by atoms with E-state index < -0.39 is 0 Å². The molecule has 0 unspecified atom stereocenters. The van der Waals surface area contributed by atoms with Crippen molar-refractivity contribution in [2.75, 3.05) is 5.32 Å². The predicted octanol–water partition coefficient (Wildman–Crippen LogP) is 5.23. The normalized spacial score (nSPS) is 11.1. The minimum Gasteiger partial charge on any atom is -0.326 e. The molecule has 0 spiro atoms. The SMILES string of the molecule is CC(=O)Nc1ccc(/C(=C\c2ccccc2)c2ccccc2)cc1. The van der Waals surface area contributed by atoms with E-state index in [1.165, 1.54) is 6.92 Å². The van der Waals surface area contributed by atoms with Gasteiger partial charge in [-0.3, -0.25) is 4.79 Å². The van der Waals surface area contributed by atoms with E-state index in [2.05, 4.69) is 35.7 Å². The fraction of sp³-hybridized carbons (Fsp3) is 0.0455. The van der Waals surface area contributed by atoms with Crippen LogP contribution in [0.1, 0.15) is 23.6 Å². The lowest BCUT2D eigenvalue weighted by Gasteiger charge is -2.10.